The minimum atomic E-state index is -0.648. The molecule has 2 aromatic rings. The maximum Gasteiger partial charge on any atom is 0.321 e. The quantitative estimate of drug-likeness (QED) is 0.799. The van der Waals surface area contributed by atoms with Crippen molar-refractivity contribution in [2.45, 2.75) is 6.04 Å². The summed E-state index contributed by atoms with van der Waals surface area (Å²) in [6.45, 7) is 2.34. The van der Waals surface area contributed by atoms with Gasteiger partial charge in [0.25, 0.3) is 5.91 Å². The summed E-state index contributed by atoms with van der Waals surface area (Å²) in [5.74, 6) is -1.51. The third-order valence-electron chi connectivity index (χ3n) is 5.09. The number of hydrogen-bond donors (Lipinski definition) is 2. The average Bonchev–Trinajstić information content (AvgIpc) is 3.14. The van der Waals surface area contributed by atoms with Crippen molar-refractivity contribution in [1.82, 2.24) is 15.5 Å². The Labute approximate surface area is 173 Å². The third-order valence-corrected chi connectivity index (χ3v) is 5.09. The molecule has 2 aromatic carbocycles. The summed E-state index contributed by atoms with van der Waals surface area (Å²) in [7, 11) is 0. The zero-order chi connectivity index (χ0) is 19.7. The van der Waals surface area contributed by atoms with Gasteiger partial charge in [-0.15, -0.1) is 12.4 Å². The van der Waals surface area contributed by atoms with E-state index in [2.05, 4.69) is 10.6 Å². The maximum atomic E-state index is 14.5. The molecule has 0 saturated carbocycles. The number of halogens is 3. The number of carbonyl (C=O) groups excluding carboxylic acids is 2. The van der Waals surface area contributed by atoms with Gasteiger partial charge in [0.05, 0.1) is 11.6 Å². The molecule has 0 spiro atoms. The van der Waals surface area contributed by atoms with Crippen molar-refractivity contribution in [3.8, 4) is 0 Å². The van der Waals surface area contributed by atoms with Gasteiger partial charge >= 0.3 is 6.03 Å². The van der Waals surface area contributed by atoms with Crippen molar-refractivity contribution in [3.63, 3.8) is 0 Å². The SMILES string of the molecule is Cl.O=C1NCCN1c1ccc(F)c(C(=O)N2CCNCC2c2cccc(F)c2)c1. The lowest BCUT2D eigenvalue weighted by Crippen LogP contribution is -2.49. The van der Waals surface area contributed by atoms with Crippen molar-refractivity contribution in [2.75, 3.05) is 37.6 Å². The molecule has 1 atom stereocenters. The molecule has 6 nitrogen and oxygen atoms in total. The standard InChI is InChI=1S/C20H20F2N4O2.ClH/c21-14-3-1-2-13(10-14)18-12-23-6-8-26(18)19(27)16-11-15(4-5-17(16)22)25-9-7-24-20(25)28;/h1-5,10-11,18,23H,6-9,12H2,(H,24,28);1H. The normalized spacial score (nSPS) is 19.0. The number of carbonyl (C=O) groups is 2. The lowest BCUT2D eigenvalue weighted by molar-refractivity contribution is 0.0629. The number of benzene rings is 2. The first kappa shape index (κ1) is 21.0. The van der Waals surface area contributed by atoms with E-state index in [4.69, 9.17) is 0 Å². The molecule has 2 heterocycles. The maximum absolute atomic E-state index is 14.5. The number of amides is 3. The smallest absolute Gasteiger partial charge is 0.321 e. The molecular formula is C20H21ClF2N4O2. The predicted octanol–water partition coefficient (Wildman–Crippen LogP) is 2.70. The molecule has 4 rings (SSSR count). The van der Waals surface area contributed by atoms with E-state index < -0.39 is 17.8 Å². The molecule has 154 valence electrons. The summed E-state index contributed by atoms with van der Waals surface area (Å²) in [4.78, 5) is 28.1. The number of nitrogens with one attached hydrogen (secondary N) is 2. The Kier molecular flexibility index (Phi) is 6.34. The molecule has 9 heteroatoms. The molecule has 0 aromatic heterocycles. The number of nitrogens with zero attached hydrogens (tertiary/aromatic N) is 2. The minimum absolute atomic E-state index is 0. The fourth-order valence-electron chi connectivity index (χ4n) is 3.68. The summed E-state index contributed by atoms with van der Waals surface area (Å²) in [5, 5.41) is 5.88. The zero-order valence-electron chi connectivity index (χ0n) is 15.5. The van der Waals surface area contributed by atoms with Crippen molar-refractivity contribution >= 4 is 30.0 Å². The second kappa shape index (κ2) is 8.75. The first-order valence-corrected chi connectivity index (χ1v) is 9.16. The molecule has 0 radical (unpaired) electrons. The van der Waals surface area contributed by atoms with E-state index >= 15 is 0 Å². The highest BCUT2D eigenvalue weighted by molar-refractivity contribution is 5.99. The van der Waals surface area contributed by atoms with Crippen LogP contribution in [0.1, 0.15) is 22.0 Å². The largest absolute Gasteiger partial charge is 0.336 e. The zero-order valence-corrected chi connectivity index (χ0v) is 16.3. The summed E-state index contributed by atoms with van der Waals surface area (Å²) < 4.78 is 28.2. The van der Waals surface area contributed by atoms with Gasteiger partial charge < -0.3 is 15.5 Å². The van der Waals surface area contributed by atoms with Crippen LogP contribution in [-0.4, -0.2) is 49.6 Å². The highest BCUT2D eigenvalue weighted by Crippen LogP contribution is 2.27. The molecule has 0 aliphatic carbocycles. The third kappa shape index (κ3) is 4.18. The Morgan fingerprint density at radius 2 is 1.90 bits per heavy atom. The van der Waals surface area contributed by atoms with Gasteiger partial charge in [0.15, 0.2) is 0 Å². The number of piperazine rings is 1. The summed E-state index contributed by atoms with van der Waals surface area (Å²) >= 11 is 0. The van der Waals surface area contributed by atoms with Crippen LogP contribution >= 0.6 is 12.4 Å². The van der Waals surface area contributed by atoms with E-state index in [-0.39, 0.29) is 29.8 Å². The first-order valence-electron chi connectivity index (χ1n) is 9.16. The Balaban J connectivity index is 0.00000240. The molecule has 2 aliphatic rings. The Bertz CT molecular complexity index is 927. The summed E-state index contributed by atoms with van der Waals surface area (Å²) in [6.07, 6.45) is 0. The Hall–Kier alpha value is -2.71. The Morgan fingerprint density at radius 1 is 1.07 bits per heavy atom. The van der Waals surface area contributed by atoms with Crippen LogP contribution in [0.25, 0.3) is 0 Å². The topological polar surface area (TPSA) is 64.7 Å². The monoisotopic (exact) mass is 422 g/mol. The second-order valence-corrected chi connectivity index (χ2v) is 6.82. The summed E-state index contributed by atoms with van der Waals surface area (Å²) in [5.41, 5.74) is 1.02. The van der Waals surface area contributed by atoms with E-state index in [9.17, 15) is 18.4 Å². The van der Waals surface area contributed by atoms with Gasteiger partial charge in [0, 0.05) is 38.4 Å². The van der Waals surface area contributed by atoms with Crippen LogP contribution in [0.2, 0.25) is 0 Å². The van der Waals surface area contributed by atoms with Crippen molar-refractivity contribution in [1.29, 1.82) is 0 Å². The first-order chi connectivity index (χ1) is 13.5. The highest BCUT2D eigenvalue weighted by atomic mass is 35.5. The van der Waals surface area contributed by atoms with Gasteiger partial charge in [-0.3, -0.25) is 9.69 Å². The lowest BCUT2D eigenvalue weighted by Gasteiger charge is -2.36. The molecular weight excluding hydrogens is 402 g/mol. The average molecular weight is 423 g/mol. The van der Waals surface area contributed by atoms with Crippen LogP contribution in [0.4, 0.5) is 19.3 Å². The van der Waals surface area contributed by atoms with Crippen LogP contribution < -0.4 is 15.5 Å². The van der Waals surface area contributed by atoms with E-state index in [1.165, 1.54) is 35.2 Å². The van der Waals surface area contributed by atoms with Gasteiger partial charge in [-0.25, -0.2) is 13.6 Å². The molecule has 0 bridgehead atoms. The van der Waals surface area contributed by atoms with Crippen LogP contribution in [0.5, 0.6) is 0 Å². The highest BCUT2D eigenvalue weighted by Gasteiger charge is 2.31. The van der Waals surface area contributed by atoms with Gasteiger partial charge in [0.1, 0.15) is 11.6 Å². The van der Waals surface area contributed by atoms with E-state index in [0.29, 0.717) is 44.0 Å². The van der Waals surface area contributed by atoms with E-state index in [1.54, 1.807) is 17.0 Å². The number of urea groups is 1. The lowest BCUT2D eigenvalue weighted by atomic mass is 10.0. The van der Waals surface area contributed by atoms with E-state index in [1.807, 2.05) is 0 Å². The predicted molar refractivity (Wildman–Crippen MR) is 107 cm³/mol. The molecule has 1 unspecified atom stereocenters. The molecule has 2 aliphatic heterocycles. The van der Waals surface area contributed by atoms with Crippen molar-refractivity contribution < 1.29 is 18.4 Å². The van der Waals surface area contributed by atoms with Gasteiger partial charge in [0.2, 0.25) is 0 Å². The van der Waals surface area contributed by atoms with Crippen molar-refractivity contribution in [2.24, 2.45) is 0 Å². The van der Waals surface area contributed by atoms with Gasteiger partial charge in [-0.2, -0.15) is 0 Å². The molecule has 3 amide bonds. The van der Waals surface area contributed by atoms with Crippen LogP contribution in [0.3, 0.4) is 0 Å². The minimum Gasteiger partial charge on any atom is -0.336 e. The van der Waals surface area contributed by atoms with Gasteiger partial charge in [-0.1, -0.05) is 12.1 Å². The molecule has 2 saturated heterocycles. The molecule has 2 N–H and O–H groups in total. The fourth-order valence-corrected chi connectivity index (χ4v) is 3.68. The second-order valence-electron chi connectivity index (χ2n) is 6.82. The number of anilines is 1. The Morgan fingerprint density at radius 3 is 2.62 bits per heavy atom. The molecule has 2 fully saturated rings. The van der Waals surface area contributed by atoms with Crippen molar-refractivity contribution in [3.05, 3.63) is 65.2 Å². The van der Waals surface area contributed by atoms with Crippen LogP contribution in [0.15, 0.2) is 42.5 Å². The summed E-state index contributed by atoms with van der Waals surface area (Å²) in [6, 6.07) is 9.49. The van der Waals surface area contributed by atoms with E-state index in [0.717, 1.165) is 0 Å². The van der Waals surface area contributed by atoms with Crippen LogP contribution in [0, 0.1) is 11.6 Å². The number of rotatable bonds is 3. The number of hydrogen-bond acceptors (Lipinski definition) is 3. The molecule has 29 heavy (non-hydrogen) atoms. The van der Waals surface area contributed by atoms with Crippen LogP contribution in [-0.2, 0) is 0 Å². The van der Waals surface area contributed by atoms with Gasteiger partial charge in [-0.05, 0) is 35.9 Å². The fraction of sp³-hybridized carbons (Fsp3) is 0.300.